The van der Waals surface area contributed by atoms with Gasteiger partial charge in [0.05, 0.1) is 6.10 Å². The second-order valence-electron chi connectivity index (χ2n) is 5.87. The van der Waals surface area contributed by atoms with Crippen LogP contribution in [0.4, 0.5) is 5.69 Å². The standard InChI is InChI=1S/C17H28N2O/c1-3-10-18-13-16-6-4-5-7-17(16)19-11-8-15(9-12-19)14(2)20/h4-7,14-15,18,20H,3,8-13H2,1-2H3. The van der Waals surface area contributed by atoms with Crippen LogP contribution in [0.25, 0.3) is 0 Å². The molecule has 0 spiro atoms. The van der Waals surface area contributed by atoms with E-state index in [9.17, 15) is 5.11 Å². The van der Waals surface area contributed by atoms with Crippen molar-refractivity contribution in [3.05, 3.63) is 29.8 Å². The average molecular weight is 276 g/mol. The van der Waals surface area contributed by atoms with Gasteiger partial charge in [0.1, 0.15) is 0 Å². The van der Waals surface area contributed by atoms with Crippen LogP contribution < -0.4 is 10.2 Å². The topological polar surface area (TPSA) is 35.5 Å². The third-order valence-electron chi connectivity index (χ3n) is 4.30. The summed E-state index contributed by atoms with van der Waals surface area (Å²) in [6.07, 6.45) is 3.18. The Morgan fingerprint density at radius 2 is 2.00 bits per heavy atom. The van der Waals surface area contributed by atoms with E-state index in [1.165, 1.54) is 17.7 Å². The van der Waals surface area contributed by atoms with Gasteiger partial charge in [-0.15, -0.1) is 0 Å². The molecular formula is C17H28N2O. The Balaban J connectivity index is 1.98. The molecule has 1 atom stereocenters. The Hall–Kier alpha value is -1.06. The molecule has 0 saturated carbocycles. The first-order valence-corrected chi connectivity index (χ1v) is 7.94. The van der Waals surface area contributed by atoms with Crippen molar-refractivity contribution in [3.8, 4) is 0 Å². The number of rotatable bonds is 6. The van der Waals surface area contributed by atoms with Gasteiger partial charge in [-0.1, -0.05) is 25.1 Å². The number of anilines is 1. The van der Waals surface area contributed by atoms with E-state index >= 15 is 0 Å². The summed E-state index contributed by atoms with van der Waals surface area (Å²) in [5.74, 6) is 0.469. The zero-order valence-corrected chi connectivity index (χ0v) is 12.8. The number of nitrogens with one attached hydrogen (secondary N) is 1. The van der Waals surface area contributed by atoms with Crippen molar-refractivity contribution in [2.45, 2.75) is 45.8 Å². The quantitative estimate of drug-likeness (QED) is 0.784. The molecule has 1 saturated heterocycles. The Bertz CT molecular complexity index is 398. The minimum atomic E-state index is -0.168. The number of hydrogen-bond donors (Lipinski definition) is 2. The summed E-state index contributed by atoms with van der Waals surface area (Å²) in [7, 11) is 0. The fraction of sp³-hybridized carbons (Fsp3) is 0.647. The molecule has 1 aromatic rings. The lowest BCUT2D eigenvalue weighted by Crippen LogP contribution is -2.37. The molecule has 3 nitrogen and oxygen atoms in total. The average Bonchev–Trinajstić information content (AvgIpc) is 2.48. The fourth-order valence-electron chi connectivity index (χ4n) is 2.99. The number of benzene rings is 1. The van der Waals surface area contributed by atoms with Crippen LogP contribution in [0.3, 0.4) is 0 Å². The van der Waals surface area contributed by atoms with Gasteiger partial charge in [-0.3, -0.25) is 0 Å². The molecule has 1 aliphatic rings. The first-order chi connectivity index (χ1) is 9.72. The summed E-state index contributed by atoms with van der Waals surface area (Å²) >= 11 is 0. The van der Waals surface area contributed by atoms with Gasteiger partial charge in [0.2, 0.25) is 0 Å². The molecule has 1 fully saturated rings. The molecule has 2 rings (SSSR count). The fourth-order valence-corrected chi connectivity index (χ4v) is 2.99. The van der Waals surface area contributed by atoms with Crippen LogP contribution in [-0.4, -0.2) is 30.8 Å². The molecule has 0 aliphatic carbocycles. The van der Waals surface area contributed by atoms with E-state index < -0.39 is 0 Å². The van der Waals surface area contributed by atoms with Gasteiger partial charge in [0, 0.05) is 25.3 Å². The van der Waals surface area contributed by atoms with E-state index in [0.717, 1.165) is 39.0 Å². The zero-order chi connectivity index (χ0) is 14.4. The van der Waals surface area contributed by atoms with Gasteiger partial charge < -0.3 is 15.3 Å². The molecular weight excluding hydrogens is 248 g/mol. The highest BCUT2D eigenvalue weighted by atomic mass is 16.3. The molecule has 3 heteroatoms. The minimum Gasteiger partial charge on any atom is -0.393 e. The SMILES string of the molecule is CCCNCc1ccccc1N1CCC(C(C)O)CC1. The number of hydrogen-bond acceptors (Lipinski definition) is 3. The summed E-state index contributed by atoms with van der Waals surface area (Å²) in [4.78, 5) is 2.47. The molecule has 2 N–H and O–H groups in total. The minimum absolute atomic E-state index is 0.168. The van der Waals surface area contributed by atoms with E-state index in [4.69, 9.17) is 0 Å². The summed E-state index contributed by atoms with van der Waals surface area (Å²) in [5, 5.41) is 13.2. The number of aliphatic hydroxyl groups excluding tert-OH is 1. The van der Waals surface area contributed by atoms with Crippen molar-refractivity contribution < 1.29 is 5.11 Å². The maximum Gasteiger partial charge on any atom is 0.0541 e. The van der Waals surface area contributed by atoms with Gasteiger partial charge in [0.15, 0.2) is 0 Å². The summed E-state index contributed by atoms with van der Waals surface area (Å²) < 4.78 is 0. The van der Waals surface area contributed by atoms with Gasteiger partial charge in [-0.2, -0.15) is 0 Å². The van der Waals surface area contributed by atoms with Gasteiger partial charge >= 0.3 is 0 Å². The van der Waals surface area contributed by atoms with Crippen LogP contribution >= 0.6 is 0 Å². The van der Waals surface area contributed by atoms with Crippen LogP contribution in [0.2, 0.25) is 0 Å². The lowest BCUT2D eigenvalue weighted by atomic mass is 9.91. The molecule has 0 aromatic heterocycles. The lowest BCUT2D eigenvalue weighted by molar-refractivity contribution is 0.110. The molecule has 1 unspecified atom stereocenters. The smallest absolute Gasteiger partial charge is 0.0541 e. The second-order valence-corrected chi connectivity index (χ2v) is 5.87. The Labute approximate surface area is 123 Å². The van der Waals surface area contributed by atoms with Crippen LogP contribution in [0.5, 0.6) is 0 Å². The normalized spacial score (nSPS) is 18.2. The van der Waals surface area contributed by atoms with Crippen LogP contribution in [0, 0.1) is 5.92 Å². The maximum atomic E-state index is 9.70. The van der Waals surface area contributed by atoms with E-state index in [1.807, 2.05) is 6.92 Å². The number of aliphatic hydroxyl groups is 1. The number of nitrogens with zero attached hydrogens (tertiary/aromatic N) is 1. The highest BCUT2D eigenvalue weighted by molar-refractivity contribution is 5.53. The molecule has 112 valence electrons. The third kappa shape index (κ3) is 3.97. The molecule has 1 heterocycles. The first-order valence-electron chi connectivity index (χ1n) is 7.94. The van der Waals surface area contributed by atoms with Crippen LogP contribution in [0.15, 0.2) is 24.3 Å². The van der Waals surface area contributed by atoms with Crippen molar-refractivity contribution in [1.82, 2.24) is 5.32 Å². The van der Waals surface area contributed by atoms with Gasteiger partial charge in [0.25, 0.3) is 0 Å². The molecule has 1 aromatic carbocycles. The number of para-hydroxylation sites is 1. The molecule has 0 radical (unpaired) electrons. The number of piperidine rings is 1. The Kier molecular flexibility index (Phi) is 5.86. The third-order valence-corrected chi connectivity index (χ3v) is 4.30. The van der Waals surface area contributed by atoms with Crippen LogP contribution in [-0.2, 0) is 6.54 Å². The van der Waals surface area contributed by atoms with E-state index in [2.05, 4.69) is 41.4 Å². The van der Waals surface area contributed by atoms with Crippen molar-refractivity contribution in [3.63, 3.8) is 0 Å². The summed E-state index contributed by atoms with van der Waals surface area (Å²) in [5.41, 5.74) is 2.75. The predicted octanol–water partition coefficient (Wildman–Crippen LogP) is 2.78. The van der Waals surface area contributed by atoms with Crippen molar-refractivity contribution in [2.75, 3.05) is 24.5 Å². The lowest BCUT2D eigenvalue weighted by Gasteiger charge is -2.35. The maximum absolute atomic E-state index is 9.70. The highest BCUT2D eigenvalue weighted by Gasteiger charge is 2.23. The van der Waals surface area contributed by atoms with E-state index in [0.29, 0.717) is 5.92 Å². The zero-order valence-electron chi connectivity index (χ0n) is 12.8. The summed E-state index contributed by atoms with van der Waals surface area (Å²) in [6.45, 7) is 8.24. The second kappa shape index (κ2) is 7.65. The Morgan fingerprint density at radius 1 is 1.30 bits per heavy atom. The van der Waals surface area contributed by atoms with Crippen molar-refractivity contribution in [2.24, 2.45) is 5.92 Å². The first kappa shape index (κ1) is 15.3. The van der Waals surface area contributed by atoms with E-state index in [-0.39, 0.29) is 6.10 Å². The van der Waals surface area contributed by atoms with Crippen molar-refractivity contribution >= 4 is 5.69 Å². The molecule has 1 aliphatic heterocycles. The van der Waals surface area contributed by atoms with E-state index in [1.54, 1.807) is 0 Å². The molecule has 0 amide bonds. The largest absolute Gasteiger partial charge is 0.393 e. The monoisotopic (exact) mass is 276 g/mol. The highest BCUT2D eigenvalue weighted by Crippen LogP contribution is 2.27. The molecule has 0 bridgehead atoms. The Morgan fingerprint density at radius 3 is 2.65 bits per heavy atom. The predicted molar refractivity (Wildman–Crippen MR) is 85.1 cm³/mol. The summed E-state index contributed by atoms with van der Waals surface area (Å²) in [6, 6.07) is 8.69. The van der Waals surface area contributed by atoms with Gasteiger partial charge in [-0.05, 0) is 50.3 Å². The van der Waals surface area contributed by atoms with Gasteiger partial charge in [-0.25, -0.2) is 0 Å². The van der Waals surface area contributed by atoms with Crippen molar-refractivity contribution in [1.29, 1.82) is 0 Å². The molecule has 20 heavy (non-hydrogen) atoms. The van der Waals surface area contributed by atoms with Crippen LogP contribution in [0.1, 0.15) is 38.7 Å².